The zero-order valence-electron chi connectivity index (χ0n) is 28.8. The number of carbonyl (C=O) groups excluding carboxylic acids is 3. The highest BCUT2D eigenvalue weighted by Crippen LogP contribution is 2.46. The number of hydrogen-bond donors (Lipinski definition) is 0. The summed E-state index contributed by atoms with van der Waals surface area (Å²) in [6.45, 7) is 10.3. The summed E-state index contributed by atoms with van der Waals surface area (Å²) in [6, 6.07) is 10.2. The molecule has 3 amide bonds. The standard InChI is InChI=1S/C36H39F3N6O5/c1-20-8-7-9-27-30(20)43(16-24-10-11-25-26(41-24)17-44(35(25)18-49-19-35)33(48)50-34(3,4)5)15-22-13-29(46)45(31(22)32(47)42(27)6)28-14-23(36(37,38)39)12-21(2)40-28/h7-12,14,22,31H,13,15-19H2,1-6H3/t22-,31+/m1/s1. The Morgan fingerprint density at radius 3 is 2.46 bits per heavy atom. The molecule has 0 saturated carbocycles. The number of amides is 3. The van der Waals surface area contributed by atoms with Crippen molar-refractivity contribution in [3.63, 3.8) is 0 Å². The van der Waals surface area contributed by atoms with E-state index < -0.39 is 52.7 Å². The van der Waals surface area contributed by atoms with E-state index in [1.165, 1.54) is 11.8 Å². The predicted octanol–water partition coefficient (Wildman–Crippen LogP) is 5.49. The lowest BCUT2D eigenvalue weighted by Gasteiger charge is -2.45. The molecular formula is C36H39F3N6O5. The van der Waals surface area contributed by atoms with Crippen LogP contribution in [0.1, 0.15) is 61.0 Å². The third-order valence-electron chi connectivity index (χ3n) is 9.88. The fraction of sp³-hybridized carbons (Fsp3) is 0.472. The summed E-state index contributed by atoms with van der Waals surface area (Å²) >= 11 is 0. The van der Waals surface area contributed by atoms with Crippen molar-refractivity contribution in [2.75, 3.05) is 41.5 Å². The smallest absolute Gasteiger partial charge is 0.416 e. The molecule has 3 aromatic rings. The van der Waals surface area contributed by atoms with Crippen molar-refractivity contribution >= 4 is 35.1 Å². The number of alkyl halides is 3. The van der Waals surface area contributed by atoms with Crippen LogP contribution in [-0.2, 0) is 43.9 Å². The van der Waals surface area contributed by atoms with E-state index >= 15 is 0 Å². The van der Waals surface area contributed by atoms with Crippen LogP contribution in [0, 0.1) is 19.8 Å². The maximum atomic E-state index is 14.2. The number of pyridine rings is 2. The number of para-hydroxylation sites is 1. The molecule has 2 fully saturated rings. The Bertz CT molecular complexity index is 1910. The van der Waals surface area contributed by atoms with E-state index in [9.17, 15) is 27.6 Å². The summed E-state index contributed by atoms with van der Waals surface area (Å²) in [5.74, 6) is -1.64. The normalized spacial score (nSPS) is 21.5. The van der Waals surface area contributed by atoms with Crippen LogP contribution < -0.4 is 14.7 Å². The molecule has 4 aliphatic heterocycles. The molecule has 0 radical (unpaired) electrons. The van der Waals surface area contributed by atoms with Crippen LogP contribution in [0.3, 0.4) is 0 Å². The third-order valence-corrected chi connectivity index (χ3v) is 9.88. The highest BCUT2D eigenvalue weighted by atomic mass is 19.4. The highest BCUT2D eigenvalue weighted by Gasteiger charge is 2.55. The van der Waals surface area contributed by atoms with Crippen LogP contribution in [0.5, 0.6) is 0 Å². The molecule has 0 aliphatic carbocycles. The number of carbonyl (C=O) groups is 3. The zero-order chi connectivity index (χ0) is 35.9. The summed E-state index contributed by atoms with van der Waals surface area (Å²) in [4.78, 5) is 56.8. The summed E-state index contributed by atoms with van der Waals surface area (Å²) in [5, 5.41) is 0. The van der Waals surface area contributed by atoms with Crippen LogP contribution in [-0.4, -0.2) is 71.2 Å². The highest BCUT2D eigenvalue weighted by molar-refractivity contribution is 6.10. The Balaban J connectivity index is 1.25. The lowest BCUT2D eigenvalue weighted by molar-refractivity contribution is -0.137. The number of aryl methyl sites for hydroxylation is 2. The van der Waals surface area contributed by atoms with Gasteiger partial charge in [0.25, 0.3) is 0 Å². The first-order valence-corrected chi connectivity index (χ1v) is 16.5. The van der Waals surface area contributed by atoms with Gasteiger partial charge in [0.1, 0.15) is 23.0 Å². The molecule has 0 bridgehead atoms. The van der Waals surface area contributed by atoms with Crippen molar-refractivity contribution in [2.24, 2.45) is 5.92 Å². The lowest BCUT2D eigenvalue weighted by Crippen LogP contribution is -2.58. The van der Waals surface area contributed by atoms with Gasteiger partial charge in [-0.15, -0.1) is 0 Å². The second kappa shape index (κ2) is 11.7. The number of hydrogen-bond acceptors (Lipinski definition) is 8. The molecule has 2 atom stereocenters. The monoisotopic (exact) mass is 692 g/mol. The number of likely N-dealkylation sites (N-methyl/N-ethyl adjacent to an activating group) is 1. The molecule has 50 heavy (non-hydrogen) atoms. The molecule has 2 aromatic heterocycles. The number of fused-ring (bicyclic) bond motifs is 4. The number of ether oxygens (including phenoxy) is 2. The molecule has 0 unspecified atom stereocenters. The largest absolute Gasteiger partial charge is 0.444 e. The van der Waals surface area contributed by atoms with Gasteiger partial charge in [0.15, 0.2) is 0 Å². The van der Waals surface area contributed by atoms with Gasteiger partial charge in [-0.25, -0.2) is 9.78 Å². The minimum absolute atomic E-state index is 0.0517. The van der Waals surface area contributed by atoms with Gasteiger partial charge in [0, 0.05) is 37.2 Å². The van der Waals surface area contributed by atoms with Crippen LogP contribution in [0.25, 0.3) is 0 Å². The average molecular weight is 693 g/mol. The van der Waals surface area contributed by atoms with E-state index in [1.807, 2.05) is 58.0 Å². The van der Waals surface area contributed by atoms with E-state index in [1.54, 1.807) is 11.9 Å². The van der Waals surface area contributed by atoms with E-state index in [0.717, 1.165) is 39.5 Å². The Morgan fingerprint density at radius 1 is 1.06 bits per heavy atom. The minimum atomic E-state index is -4.66. The second-order valence-electron chi connectivity index (χ2n) is 14.6. The molecule has 2 saturated heterocycles. The third kappa shape index (κ3) is 5.62. The Labute approximate surface area is 288 Å². The number of rotatable bonds is 3. The van der Waals surface area contributed by atoms with E-state index in [-0.39, 0.29) is 31.0 Å². The van der Waals surface area contributed by atoms with Gasteiger partial charge >= 0.3 is 12.3 Å². The topological polar surface area (TPSA) is 108 Å². The SMILES string of the molecule is Cc1cc(C(F)(F)F)cc(N2C(=O)C[C@@H]3CN(Cc4ccc5c(n4)CN(C(=O)OC(C)(C)C)C54COC4)c4c(C)cccc4N(C)C(=O)[C@H]32)n1. The van der Waals surface area contributed by atoms with Crippen molar-refractivity contribution < 1.29 is 37.0 Å². The molecule has 14 heteroatoms. The molecular weight excluding hydrogens is 653 g/mol. The summed E-state index contributed by atoms with van der Waals surface area (Å²) < 4.78 is 52.7. The van der Waals surface area contributed by atoms with Crippen molar-refractivity contribution in [1.82, 2.24) is 14.9 Å². The van der Waals surface area contributed by atoms with E-state index in [4.69, 9.17) is 14.5 Å². The van der Waals surface area contributed by atoms with Gasteiger partial charge in [-0.2, -0.15) is 13.2 Å². The van der Waals surface area contributed by atoms with Crippen LogP contribution in [0.2, 0.25) is 0 Å². The van der Waals surface area contributed by atoms with Crippen molar-refractivity contribution in [2.45, 2.75) is 77.5 Å². The van der Waals surface area contributed by atoms with Gasteiger partial charge in [-0.05, 0) is 64.4 Å². The van der Waals surface area contributed by atoms with E-state index in [0.29, 0.717) is 31.1 Å². The molecule has 264 valence electrons. The van der Waals surface area contributed by atoms with Crippen molar-refractivity contribution in [1.29, 1.82) is 0 Å². The first-order valence-electron chi connectivity index (χ1n) is 16.5. The second-order valence-corrected chi connectivity index (χ2v) is 14.6. The lowest BCUT2D eigenvalue weighted by atomic mass is 9.89. The van der Waals surface area contributed by atoms with Gasteiger partial charge < -0.3 is 19.3 Å². The number of anilines is 3. The van der Waals surface area contributed by atoms with Crippen LogP contribution >= 0.6 is 0 Å². The number of aromatic nitrogens is 2. The maximum absolute atomic E-state index is 14.2. The molecule has 0 N–H and O–H groups in total. The molecule has 4 aliphatic rings. The fourth-order valence-electron chi connectivity index (χ4n) is 7.63. The fourth-order valence-corrected chi connectivity index (χ4v) is 7.63. The molecule has 1 spiro atoms. The van der Waals surface area contributed by atoms with Gasteiger partial charge in [-0.1, -0.05) is 18.2 Å². The summed E-state index contributed by atoms with van der Waals surface area (Å²) in [6.07, 6.45) is -5.14. The van der Waals surface area contributed by atoms with Crippen LogP contribution in [0.15, 0.2) is 42.5 Å². The summed E-state index contributed by atoms with van der Waals surface area (Å²) in [7, 11) is 1.62. The predicted molar refractivity (Wildman–Crippen MR) is 178 cm³/mol. The Morgan fingerprint density at radius 2 is 1.80 bits per heavy atom. The number of nitrogens with zero attached hydrogens (tertiary/aromatic N) is 6. The van der Waals surface area contributed by atoms with E-state index in [2.05, 4.69) is 9.88 Å². The van der Waals surface area contributed by atoms with Gasteiger partial charge in [0.05, 0.1) is 54.6 Å². The molecule has 6 heterocycles. The molecule has 7 rings (SSSR count). The average Bonchev–Trinajstić information content (AvgIpc) is 3.52. The molecule has 11 nitrogen and oxygen atoms in total. The van der Waals surface area contributed by atoms with Crippen molar-refractivity contribution in [3.05, 3.63) is 76.2 Å². The van der Waals surface area contributed by atoms with Crippen molar-refractivity contribution in [3.8, 4) is 0 Å². The Kier molecular flexibility index (Phi) is 7.88. The Hall–Kier alpha value is -4.72. The number of benzene rings is 1. The van der Waals surface area contributed by atoms with Crippen LogP contribution in [0.4, 0.5) is 35.2 Å². The quantitative estimate of drug-likeness (QED) is 0.355. The first-order chi connectivity index (χ1) is 23.5. The minimum Gasteiger partial charge on any atom is -0.444 e. The maximum Gasteiger partial charge on any atom is 0.416 e. The summed E-state index contributed by atoms with van der Waals surface area (Å²) in [5.41, 5.74) is 2.49. The molecule has 1 aromatic carbocycles. The van der Waals surface area contributed by atoms with Gasteiger partial charge in [-0.3, -0.25) is 24.4 Å². The first kappa shape index (κ1) is 33.8. The number of halogens is 3. The van der Waals surface area contributed by atoms with Gasteiger partial charge in [0.2, 0.25) is 11.8 Å². The zero-order valence-corrected chi connectivity index (χ0v) is 28.8.